The number of hydrogen-bond acceptors (Lipinski definition) is 7. The fraction of sp³-hybridized carbons (Fsp3) is 0.360. The van der Waals surface area contributed by atoms with Crippen molar-refractivity contribution in [3.05, 3.63) is 58.1 Å². The molecule has 2 atom stereocenters. The van der Waals surface area contributed by atoms with Crippen molar-refractivity contribution in [1.29, 1.82) is 0 Å². The Kier molecular flexibility index (Phi) is 5.55. The number of aliphatic hydroxyl groups is 1. The Morgan fingerprint density at radius 2 is 2.08 bits per heavy atom. The number of methoxy groups -OCH3 is 1. The quantitative estimate of drug-likeness (QED) is 0.355. The van der Waals surface area contributed by atoms with Crippen LogP contribution >= 0.6 is 0 Å². The Labute approximate surface area is 218 Å². The first kappa shape index (κ1) is 21.9. The Balaban J connectivity index is 1.59. The number of anilines is 2. The number of aliphatic hydroxyl groups excluding tert-OH is 1. The number of pyridine rings is 2. The van der Waals surface area contributed by atoms with Gasteiger partial charge >= 0.3 is 18.0 Å². The molecule has 1 aliphatic carbocycles. The monoisotopic (exact) mass is 533 g/mol. The first-order chi connectivity index (χ1) is 19.3. The normalized spacial score (nSPS) is 19.2. The zero-order valence-electron chi connectivity index (χ0n) is 23.0. The first-order valence-corrected chi connectivity index (χ1v) is 11.7. The second-order valence-electron chi connectivity index (χ2n) is 9.00. The van der Waals surface area contributed by atoms with Crippen molar-refractivity contribution < 1.29 is 31.9 Å². The number of amides is 1. The van der Waals surface area contributed by atoms with Gasteiger partial charge in [-0.1, -0.05) is 12.1 Å². The van der Waals surface area contributed by atoms with Crippen molar-refractivity contribution in [2.24, 2.45) is 6.98 Å². The number of carbonyl (C=O) groups excluding carboxylic acids is 1. The molecule has 4 aromatic rings. The lowest BCUT2D eigenvalue weighted by Gasteiger charge is -2.15. The van der Waals surface area contributed by atoms with E-state index >= 15 is 0 Å². The number of aromatic nitrogens is 4. The number of alkyl halides is 3. The van der Waals surface area contributed by atoms with Gasteiger partial charge in [0.2, 0.25) is 0 Å². The molecule has 0 aliphatic heterocycles. The maximum atomic E-state index is 13.7. The summed E-state index contributed by atoms with van der Waals surface area (Å²) in [4.78, 5) is 33.4. The molecule has 38 heavy (non-hydrogen) atoms. The highest BCUT2D eigenvalue weighted by molar-refractivity contribution is 5.88. The Bertz CT molecular complexity index is 1700. The molecule has 0 unspecified atom stereocenters. The van der Waals surface area contributed by atoms with Crippen molar-refractivity contribution >= 4 is 39.7 Å². The molecule has 0 spiro atoms. The van der Waals surface area contributed by atoms with Crippen molar-refractivity contribution in [3.8, 4) is 0 Å². The number of alkyl carbamates (subject to hydrolysis) is 1. The number of ether oxygens (including phenoxy) is 1. The maximum Gasteiger partial charge on any atom is 0.418 e. The number of fused-ring (bicyclic) bond motifs is 2. The van der Waals surface area contributed by atoms with E-state index in [1.165, 1.54) is 42.1 Å². The third kappa shape index (κ3) is 4.53. The summed E-state index contributed by atoms with van der Waals surface area (Å²) in [6.07, 6.45) is -2.79. The van der Waals surface area contributed by atoms with Crippen LogP contribution < -0.4 is 16.3 Å². The molecular weight excluding hydrogens is 505 g/mol. The second kappa shape index (κ2) is 9.63. The molecule has 0 bridgehead atoms. The summed E-state index contributed by atoms with van der Waals surface area (Å²) in [7, 11) is 1.23. The minimum Gasteiger partial charge on any atom is -0.453 e. The minimum absolute atomic E-state index is 0.0341. The fourth-order valence-electron chi connectivity index (χ4n) is 4.96. The van der Waals surface area contributed by atoms with Crippen molar-refractivity contribution in [2.45, 2.75) is 44.1 Å². The van der Waals surface area contributed by atoms with Gasteiger partial charge in [0, 0.05) is 34.6 Å². The van der Waals surface area contributed by atoms with Gasteiger partial charge in [0.05, 0.1) is 42.0 Å². The lowest BCUT2D eigenvalue weighted by molar-refractivity contribution is -0.136. The largest absolute Gasteiger partial charge is 0.453 e. The van der Waals surface area contributed by atoms with Crippen LogP contribution in [0.5, 0.6) is 0 Å². The smallest absolute Gasteiger partial charge is 0.418 e. The zero-order chi connectivity index (χ0) is 29.7. The van der Waals surface area contributed by atoms with E-state index in [0.29, 0.717) is 23.8 Å². The molecule has 5 rings (SSSR count). The van der Waals surface area contributed by atoms with Gasteiger partial charge in [-0.2, -0.15) is 13.2 Å². The van der Waals surface area contributed by atoms with Crippen LogP contribution in [0.25, 0.3) is 21.9 Å². The SMILES string of the molecule is [2H]C([2H])([2H])n1c(=O)n([C@@H]2CC[C@@H](NC(=O)OC)C2)c2cc(Nc3cc(CO)c4cccc(C(F)(F)F)c4n3)ncc21. The van der Waals surface area contributed by atoms with Crippen LogP contribution in [0.3, 0.4) is 0 Å². The van der Waals surface area contributed by atoms with E-state index in [-0.39, 0.29) is 45.2 Å². The molecule has 1 aliphatic rings. The third-order valence-corrected chi connectivity index (χ3v) is 6.69. The van der Waals surface area contributed by atoms with Gasteiger partial charge in [-0.3, -0.25) is 9.13 Å². The maximum absolute atomic E-state index is 13.7. The first-order valence-electron chi connectivity index (χ1n) is 13.2. The molecular formula is C25H25F3N6O4. The summed E-state index contributed by atoms with van der Waals surface area (Å²) in [5.41, 5.74) is -1.67. The number of imidazole rings is 1. The number of aryl methyl sites for hydroxylation is 1. The van der Waals surface area contributed by atoms with Gasteiger partial charge in [-0.15, -0.1) is 0 Å². The molecule has 1 aromatic carbocycles. The van der Waals surface area contributed by atoms with Gasteiger partial charge < -0.3 is 20.5 Å². The summed E-state index contributed by atoms with van der Waals surface area (Å²) in [5, 5.41) is 15.5. The number of hydrogen-bond donors (Lipinski definition) is 3. The average molecular weight is 534 g/mol. The van der Waals surface area contributed by atoms with Crippen LogP contribution in [0.4, 0.5) is 29.6 Å². The molecule has 3 heterocycles. The van der Waals surface area contributed by atoms with Crippen molar-refractivity contribution in [2.75, 3.05) is 12.4 Å². The van der Waals surface area contributed by atoms with E-state index in [1.807, 2.05) is 0 Å². The number of nitrogens with zero attached hydrogens (tertiary/aromatic N) is 4. The zero-order valence-corrected chi connectivity index (χ0v) is 20.0. The standard InChI is InChI=1S/C25H25F3N6O4/c1-33-19-11-29-20(10-18(19)34(24(33)37)15-7-6-14(9-15)30-23(36)38-2)31-21-8-13(12-35)16-4-3-5-17(22(16)32-21)25(26,27)28/h3-5,8,10-11,14-15,35H,6-7,9,12H2,1-2H3,(H,30,36)(H,29,31,32)/t14-,15-/m1/s1/i1D3. The molecule has 3 aromatic heterocycles. The molecule has 13 heteroatoms. The molecule has 0 saturated heterocycles. The fourth-order valence-corrected chi connectivity index (χ4v) is 4.96. The molecule has 3 N–H and O–H groups in total. The molecule has 1 amide bonds. The van der Waals surface area contributed by atoms with Crippen LogP contribution in [0.1, 0.15) is 40.5 Å². The Morgan fingerprint density at radius 3 is 2.79 bits per heavy atom. The number of carbonyl (C=O) groups is 1. The third-order valence-electron chi connectivity index (χ3n) is 6.69. The molecule has 0 radical (unpaired) electrons. The number of benzene rings is 1. The molecule has 1 saturated carbocycles. The van der Waals surface area contributed by atoms with Crippen LogP contribution in [0.2, 0.25) is 0 Å². The molecule has 200 valence electrons. The van der Waals surface area contributed by atoms with Gasteiger partial charge in [-0.25, -0.2) is 19.6 Å². The highest BCUT2D eigenvalue weighted by atomic mass is 19.4. The summed E-state index contributed by atoms with van der Waals surface area (Å²) in [5.74, 6) is 0.0360. The summed E-state index contributed by atoms with van der Waals surface area (Å²) in [6, 6.07) is 5.60. The average Bonchev–Trinajstić information content (AvgIpc) is 3.47. The van der Waals surface area contributed by atoms with E-state index in [9.17, 15) is 27.9 Å². The lowest BCUT2D eigenvalue weighted by Crippen LogP contribution is -2.33. The van der Waals surface area contributed by atoms with E-state index < -0.39 is 43.1 Å². The predicted octanol–water partition coefficient (Wildman–Crippen LogP) is 3.99. The Morgan fingerprint density at radius 1 is 1.26 bits per heavy atom. The number of halogens is 3. The molecule has 10 nitrogen and oxygen atoms in total. The highest BCUT2D eigenvalue weighted by Gasteiger charge is 2.34. The highest BCUT2D eigenvalue weighted by Crippen LogP contribution is 2.36. The van der Waals surface area contributed by atoms with E-state index in [0.717, 1.165) is 6.07 Å². The minimum atomic E-state index is -4.69. The van der Waals surface area contributed by atoms with E-state index in [2.05, 4.69) is 25.3 Å². The van der Waals surface area contributed by atoms with E-state index in [1.54, 1.807) is 0 Å². The number of rotatable bonds is 5. The van der Waals surface area contributed by atoms with Gasteiger partial charge in [0.15, 0.2) is 0 Å². The lowest BCUT2D eigenvalue weighted by atomic mass is 10.0. The van der Waals surface area contributed by atoms with Crippen molar-refractivity contribution in [3.63, 3.8) is 0 Å². The van der Waals surface area contributed by atoms with Gasteiger partial charge in [-0.05, 0) is 37.0 Å². The van der Waals surface area contributed by atoms with Crippen molar-refractivity contribution in [1.82, 2.24) is 24.4 Å². The van der Waals surface area contributed by atoms with Crippen LogP contribution in [-0.2, 0) is 24.5 Å². The number of nitrogens with one attached hydrogen (secondary N) is 2. The van der Waals surface area contributed by atoms with Crippen LogP contribution in [-0.4, -0.2) is 43.5 Å². The number of para-hydroxylation sites is 1. The topological polar surface area (TPSA) is 123 Å². The van der Waals surface area contributed by atoms with Gasteiger partial charge in [0.1, 0.15) is 11.6 Å². The Hall–Kier alpha value is -4.13. The summed E-state index contributed by atoms with van der Waals surface area (Å²) >= 11 is 0. The van der Waals surface area contributed by atoms with Crippen LogP contribution in [0.15, 0.2) is 41.3 Å². The molecule has 1 fully saturated rings. The van der Waals surface area contributed by atoms with Crippen LogP contribution in [0, 0.1) is 0 Å². The summed E-state index contributed by atoms with van der Waals surface area (Å²) in [6.45, 7) is -3.37. The van der Waals surface area contributed by atoms with Gasteiger partial charge in [0.25, 0.3) is 0 Å². The second-order valence-corrected chi connectivity index (χ2v) is 9.00. The van der Waals surface area contributed by atoms with E-state index in [4.69, 9.17) is 4.11 Å². The predicted molar refractivity (Wildman–Crippen MR) is 133 cm³/mol. The summed E-state index contributed by atoms with van der Waals surface area (Å²) < 4.78 is 71.4.